The number of alkyl halides is 3. The first-order valence-electron chi connectivity index (χ1n) is 10.8. The quantitative estimate of drug-likeness (QED) is 0.457. The number of nitrogens with zero attached hydrogens (tertiary/aromatic N) is 1. The number of benzene rings is 3. The Balaban J connectivity index is 1.84. The first-order chi connectivity index (χ1) is 16.8. The van der Waals surface area contributed by atoms with Gasteiger partial charge in [0.05, 0.1) is 11.3 Å². The van der Waals surface area contributed by atoms with Crippen LogP contribution in [0.3, 0.4) is 0 Å². The molecule has 2 N–H and O–H groups in total. The van der Waals surface area contributed by atoms with Crippen LogP contribution >= 0.6 is 11.6 Å². The van der Waals surface area contributed by atoms with Crippen LogP contribution in [-0.2, 0) is 10.4 Å². The van der Waals surface area contributed by atoms with Crippen molar-refractivity contribution in [1.82, 2.24) is 0 Å². The minimum atomic E-state index is -5.12. The van der Waals surface area contributed by atoms with Gasteiger partial charge in [0.1, 0.15) is 5.75 Å². The van der Waals surface area contributed by atoms with E-state index in [0.29, 0.717) is 11.1 Å². The molecule has 1 amide bonds. The van der Waals surface area contributed by atoms with Crippen LogP contribution in [0.25, 0.3) is 11.1 Å². The maximum atomic E-state index is 14.6. The fourth-order valence-corrected chi connectivity index (χ4v) is 4.56. The Morgan fingerprint density at radius 2 is 1.78 bits per heavy atom. The molecule has 0 spiro atoms. The number of aromatic carboxylic acids is 1. The molecule has 0 saturated heterocycles. The van der Waals surface area contributed by atoms with Crippen molar-refractivity contribution in [3.63, 3.8) is 0 Å². The average Bonchev–Trinajstić information content (AvgIpc) is 2.85. The Morgan fingerprint density at radius 3 is 2.44 bits per heavy atom. The predicted molar refractivity (Wildman–Crippen MR) is 128 cm³/mol. The van der Waals surface area contributed by atoms with E-state index in [2.05, 4.69) is 0 Å². The molecule has 188 valence electrons. The molecule has 0 saturated carbocycles. The Bertz CT molecular complexity index is 1360. The second-order valence-corrected chi connectivity index (χ2v) is 8.94. The van der Waals surface area contributed by atoms with Crippen molar-refractivity contribution in [3.8, 4) is 16.9 Å². The molecule has 1 aliphatic heterocycles. The Hall–Kier alpha value is -3.56. The van der Waals surface area contributed by atoms with Crippen LogP contribution in [0, 0.1) is 0 Å². The molecule has 0 aromatic heterocycles. The van der Waals surface area contributed by atoms with E-state index in [-0.39, 0.29) is 34.2 Å². The third-order valence-corrected chi connectivity index (χ3v) is 6.79. The number of fused-ring (bicyclic) bond motifs is 1. The minimum absolute atomic E-state index is 0.00287. The zero-order chi connectivity index (χ0) is 26.4. The molecule has 3 aromatic carbocycles. The molecule has 1 heterocycles. The first-order valence-corrected chi connectivity index (χ1v) is 11.2. The number of amides is 1. The SMILES string of the molecule is C[C@@H](c1cc(-c2cccc(C(=O)O)c2)ccc1Cl)[C@](O)(c1ccc2c(c1)N(C)C(=O)CO2)C(F)(F)F. The van der Waals surface area contributed by atoms with Crippen molar-refractivity contribution in [1.29, 1.82) is 0 Å². The number of halogens is 4. The lowest BCUT2D eigenvalue weighted by Gasteiger charge is -2.38. The van der Waals surface area contributed by atoms with Crippen LogP contribution in [0.15, 0.2) is 60.7 Å². The van der Waals surface area contributed by atoms with E-state index in [1.165, 1.54) is 55.3 Å². The molecular weight excluding hydrogens is 499 g/mol. The third kappa shape index (κ3) is 4.29. The van der Waals surface area contributed by atoms with E-state index >= 15 is 0 Å². The van der Waals surface area contributed by atoms with Gasteiger partial charge in [-0.3, -0.25) is 4.79 Å². The number of carboxylic acid groups (broad SMARTS) is 1. The first kappa shape index (κ1) is 25.5. The van der Waals surface area contributed by atoms with Crippen LogP contribution in [-0.4, -0.2) is 41.9 Å². The number of hydrogen-bond donors (Lipinski definition) is 2. The minimum Gasteiger partial charge on any atom is -0.482 e. The van der Waals surface area contributed by atoms with Crippen LogP contribution < -0.4 is 9.64 Å². The van der Waals surface area contributed by atoms with E-state index in [4.69, 9.17) is 16.3 Å². The zero-order valence-electron chi connectivity index (χ0n) is 19.1. The van der Waals surface area contributed by atoms with Crippen LogP contribution in [0.1, 0.15) is 34.3 Å². The molecule has 0 radical (unpaired) electrons. The van der Waals surface area contributed by atoms with Crippen LogP contribution in [0.4, 0.5) is 18.9 Å². The van der Waals surface area contributed by atoms with Gasteiger partial charge in [-0.25, -0.2) is 4.79 Å². The number of carboxylic acids is 1. The normalized spacial score (nSPS) is 16.1. The lowest BCUT2D eigenvalue weighted by molar-refractivity contribution is -0.274. The number of likely N-dealkylation sites (N-methyl/N-ethyl adjacent to an activating group) is 1. The molecule has 10 heteroatoms. The number of hydrogen-bond acceptors (Lipinski definition) is 4. The van der Waals surface area contributed by atoms with Gasteiger partial charge in [0.15, 0.2) is 12.2 Å². The summed E-state index contributed by atoms with van der Waals surface area (Å²) in [5.41, 5.74) is -2.86. The number of anilines is 1. The maximum absolute atomic E-state index is 14.6. The standard InChI is InChI=1S/C26H21ClF3NO5/c1-14(19-11-16(6-8-20(19)27)15-4-3-5-17(10-15)24(33)34)25(35,26(28,29)30)18-7-9-22-21(12-18)31(2)23(32)13-36-22/h3-12,14,35H,13H2,1-2H3,(H,33,34)/t14-,25-/m0/s1. The monoisotopic (exact) mass is 519 g/mol. The summed E-state index contributed by atoms with van der Waals surface area (Å²) in [5, 5.41) is 20.6. The molecule has 0 bridgehead atoms. The number of carbonyl (C=O) groups is 2. The molecule has 0 unspecified atom stereocenters. The van der Waals surface area contributed by atoms with Crippen molar-refractivity contribution in [3.05, 3.63) is 82.4 Å². The van der Waals surface area contributed by atoms with Crippen molar-refractivity contribution >= 4 is 29.2 Å². The summed E-state index contributed by atoms with van der Waals surface area (Å²) in [6.07, 6.45) is -5.12. The maximum Gasteiger partial charge on any atom is 0.422 e. The number of carbonyl (C=O) groups excluding carboxylic acids is 1. The highest BCUT2D eigenvalue weighted by molar-refractivity contribution is 6.31. The molecule has 0 fully saturated rings. The fraction of sp³-hybridized carbons (Fsp3) is 0.231. The van der Waals surface area contributed by atoms with Gasteiger partial charge < -0.3 is 19.8 Å². The van der Waals surface area contributed by atoms with Crippen molar-refractivity contribution < 1.29 is 37.7 Å². The van der Waals surface area contributed by atoms with Gasteiger partial charge in [0, 0.05) is 18.0 Å². The van der Waals surface area contributed by atoms with Crippen LogP contribution in [0.5, 0.6) is 5.75 Å². The summed E-state index contributed by atoms with van der Waals surface area (Å²) in [6, 6.07) is 13.8. The van der Waals surface area contributed by atoms with E-state index in [0.717, 1.165) is 12.1 Å². The highest BCUT2D eigenvalue weighted by Gasteiger charge is 2.59. The van der Waals surface area contributed by atoms with E-state index < -0.39 is 35.1 Å². The van der Waals surface area contributed by atoms with Gasteiger partial charge in [-0.15, -0.1) is 0 Å². The van der Waals surface area contributed by atoms with E-state index in [1.807, 2.05) is 0 Å². The van der Waals surface area contributed by atoms with E-state index in [1.54, 1.807) is 12.1 Å². The van der Waals surface area contributed by atoms with Crippen molar-refractivity contribution in [2.75, 3.05) is 18.6 Å². The highest BCUT2D eigenvalue weighted by atomic mass is 35.5. The summed E-state index contributed by atoms with van der Waals surface area (Å²) in [7, 11) is 1.41. The summed E-state index contributed by atoms with van der Waals surface area (Å²) in [5.74, 6) is -2.96. The molecule has 4 rings (SSSR count). The molecule has 2 atom stereocenters. The molecule has 3 aromatic rings. The summed E-state index contributed by atoms with van der Waals surface area (Å²) in [4.78, 5) is 24.5. The Kier molecular flexibility index (Phi) is 6.49. The number of rotatable bonds is 5. The topological polar surface area (TPSA) is 87.1 Å². The summed E-state index contributed by atoms with van der Waals surface area (Å²) in [6.45, 7) is 0.964. The summed E-state index contributed by atoms with van der Waals surface area (Å²) < 4.78 is 49.0. The second kappa shape index (κ2) is 9.15. The molecular formula is C26H21ClF3NO5. The van der Waals surface area contributed by atoms with Gasteiger partial charge in [-0.2, -0.15) is 13.2 Å². The van der Waals surface area contributed by atoms with Gasteiger partial charge in [0.2, 0.25) is 0 Å². The fourth-order valence-electron chi connectivity index (χ4n) is 4.28. The highest BCUT2D eigenvalue weighted by Crippen LogP contribution is 2.51. The molecule has 0 aliphatic carbocycles. The Labute approximate surface area is 209 Å². The predicted octanol–water partition coefficient (Wildman–Crippen LogP) is 5.61. The average molecular weight is 520 g/mol. The van der Waals surface area contributed by atoms with Gasteiger partial charge in [-0.1, -0.05) is 42.8 Å². The zero-order valence-corrected chi connectivity index (χ0v) is 19.9. The third-order valence-electron chi connectivity index (χ3n) is 6.45. The number of aliphatic hydroxyl groups is 1. The lowest BCUT2D eigenvalue weighted by atomic mass is 9.77. The van der Waals surface area contributed by atoms with Gasteiger partial charge in [0.25, 0.3) is 5.91 Å². The second-order valence-electron chi connectivity index (χ2n) is 8.53. The van der Waals surface area contributed by atoms with E-state index in [9.17, 15) is 33.0 Å². The van der Waals surface area contributed by atoms with Crippen molar-refractivity contribution in [2.45, 2.75) is 24.6 Å². The molecule has 36 heavy (non-hydrogen) atoms. The smallest absolute Gasteiger partial charge is 0.422 e. The van der Waals surface area contributed by atoms with Gasteiger partial charge >= 0.3 is 12.1 Å². The largest absolute Gasteiger partial charge is 0.482 e. The summed E-state index contributed by atoms with van der Waals surface area (Å²) >= 11 is 6.32. The lowest BCUT2D eigenvalue weighted by Crippen LogP contribution is -2.47. The van der Waals surface area contributed by atoms with Crippen LogP contribution in [0.2, 0.25) is 5.02 Å². The Morgan fingerprint density at radius 1 is 1.08 bits per heavy atom. The van der Waals surface area contributed by atoms with Gasteiger partial charge in [-0.05, 0) is 58.7 Å². The van der Waals surface area contributed by atoms with Crippen molar-refractivity contribution in [2.24, 2.45) is 0 Å². The molecule has 1 aliphatic rings. The number of ether oxygens (including phenoxy) is 1. The molecule has 6 nitrogen and oxygen atoms in total.